The minimum Gasteiger partial charge on any atom is -0.361 e. The third kappa shape index (κ3) is 4.55. The predicted molar refractivity (Wildman–Crippen MR) is 156 cm³/mol. The van der Waals surface area contributed by atoms with E-state index < -0.39 is 0 Å². The van der Waals surface area contributed by atoms with Crippen LogP contribution in [-0.4, -0.2) is 33.4 Å². The molecule has 212 valence electrons. The Morgan fingerprint density at radius 2 is 0.805 bits per heavy atom. The van der Waals surface area contributed by atoms with E-state index in [0.29, 0.717) is 16.8 Å². The van der Waals surface area contributed by atoms with Crippen LogP contribution in [0, 0.1) is 35.5 Å². The van der Waals surface area contributed by atoms with Gasteiger partial charge in [0.15, 0.2) is 0 Å². The van der Waals surface area contributed by atoms with Crippen LogP contribution >= 0.6 is 0 Å². The summed E-state index contributed by atoms with van der Waals surface area (Å²) in [6.45, 7) is 0. The number of nitrogens with one attached hydrogen (secondary N) is 2. The predicted octanol–water partition coefficient (Wildman–Crippen LogP) is 6.15. The molecule has 2 N–H and O–H groups in total. The highest BCUT2D eigenvalue weighted by Gasteiger charge is 2.52. The Morgan fingerprint density at radius 1 is 0.537 bits per heavy atom. The average Bonchev–Trinajstić information content (AvgIpc) is 2.92. The van der Waals surface area contributed by atoms with E-state index in [1.54, 1.807) is 0 Å². The first-order valence-corrected chi connectivity index (χ1v) is 15.9. The second-order valence-corrected chi connectivity index (χ2v) is 14.9. The summed E-state index contributed by atoms with van der Waals surface area (Å²) in [5.41, 5.74) is 13.0. The molecule has 0 atom stereocenters. The zero-order valence-corrected chi connectivity index (χ0v) is 23.8. The minimum absolute atomic E-state index is 0.00428. The van der Waals surface area contributed by atoms with Crippen molar-refractivity contribution in [2.75, 3.05) is 0 Å². The van der Waals surface area contributed by atoms with Gasteiger partial charge in [-0.25, -0.2) is 0 Å². The molecule has 8 aliphatic rings. The van der Waals surface area contributed by atoms with E-state index >= 15 is 0 Å². The summed E-state index contributed by atoms with van der Waals surface area (Å²) >= 11 is 0. The fourth-order valence-electron chi connectivity index (χ4n) is 11.0. The van der Waals surface area contributed by atoms with Crippen molar-refractivity contribution in [2.24, 2.45) is 35.5 Å². The average molecular weight is 549 g/mol. The lowest BCUT2D eigenvalue weighted by molar-refractivity contribution is -0.0171. The maximum Gasteiger partial charge on any atom is 0.329 e. The van der Waals surface area contributed by atoms with Crippen molar-refractivity contribution in [1.29, 1.82) is 0 Å². The first kappa shape index (κ1) is 25.5. The molecule has 6 nitrogen and oxygen atoms in total. The molecule has 0 aliphatic heterocycles. The maximum atomic E-state index is 13.3. The summed E-state index contributed by atoms with van der Waals surface area (Å²) in [4.78, 5) is 30.1. The van der Waals surface area contributed by atoms with Crippen LogP contribution in [0.15, 0.2) is 48.5 Å². The summed E-state index contributed by atoms with van der Waals surface area (Å²) in [5, 5.41) is 6.88. The van der Waals surface area contributed by atoms with Crippen LogP contribution < -0.4 is 10.6 Å². The Balaban J connectivity index is 0.936. The number of nitrogens with zero attached hydrogens (tertiary/aromatic N) is 2. The molecule has 0 radical (unpaired) electrons. The fourth-order valence-corrected chi connectivity index (χ4v) is 11.0. The highest BCUT2D eigenvalue weighted by Crippen LogP contribution is 2.56. The van der Waals surface area contributed by atoms with Crippen LogP contribution in [0.25, 0.3) is 5.53 Å². The van der Waals surface area contributed by atoms with E-state index in [9.17, 15) is 15.1 Å². The standard InChI is InChI=1S/C35H40N4O2/c36-39-31(27-1-5-29(6-2-27)32(40)37-34-15-21-9-22(16-34)11-23(10-21)17-34)28-3-7-30(8-4-28)33(41)38-35-18-24-12-25(19-35)14-26(13-24)20-35/h1-8,21-26H,9-20H2,(H,37,40)(H,38,41). The van der Waals surface area contributed by atoms with Crippen molar-refractivity contribution in [3.63, 3.8) is 0 Å². The molecule has 8 saturated carbocycles. The van der Waals surface area contributed by atoms with Gasteiger partial charge in [0.25, 0.3) is 11.8 Å². The molecule has 2 aromatic rings. The van der Waals surface area contributed by atoms with Gasteiger partial charge in [-0.05, 0) is 161 Å². The van der Waals surface area contributed by atoms with Gasteiger partial charge in [-0.2, -0.15) is 4.79 Å². The summed E-state index contributed by atoms with van der Waals surface area (Å²) in [5.74, 6) is 4.67. The normalized spacial score (nSPS) is 37.5. The number of amides is 2. The summed E-state index contributed by atoms with van der Waals surface area (Å²) in [7, 11) is 0. The molecule has 2 aromatic carbocycles. The Bertz CT molecular complexity index is 1260. The Morgan fingerprint density at radius 3 is 1.07 bits per heavy atom. The lowest BCUT2D eigenvalue weighted by Crippen LogP contribution is -2.59. The highest BCUT2D eigenvalue weighted by atomic mass is 16.2. The van der Waals surface area contributed by atoms with Crippen LogP contribution in [0.1, 0.15) is 109 Å². The largest absolute Gasteiger partial charge is 0.361 e. The molecule has 0 heterocycles. The van der Waals surface area contributed by atoms with Gasteiger partial charge in [-0.1, -0.05) is 0 Å². The molecule has 10 rings (SSSR count). The van der Waals surface area contributed by atoms with Crippen molar-refractivity contribution < 1.29 is 14.4 Å². The van der Waals surface area contributed by atoms with Crippen LogP contribution in [-0.2, 0) is 0 Å². The fraction of sp³-hybridized carbons (Fsp3) is 0.571. The zero-order chi connectivity index (χ0) is 27.8. The topological polar surface area (TPSA) is 94.6 Å². The first-order chi connectivity index (χ1) is 19.9. The van der Waals surface area contributed by atoms with Gasteiger partial charge in [-0.15, -0.1) is 0 Å². The first-order valence-electron chi connectivity index (χ1n) is 15.9. The second kappa shape index (κ2) is 9.39. The molecule has 0 unspecified atom stereocenters. The van der Waals surface area contributed by atoms with E-state index in [-0.39, 0.29) is 22.9 Å². The number of rotatable bonds is 6. The minimum atomic E-state index is -0.0219. The van der Waals surface area contributed by atoms with E-state index in [1.165, 1.54) is 38.5 Å². The second-order valence-electron chi connectivity index (χ2n) is 14.9. The van der Waals surface area contributed by atoms with Gasteiger partial charge < -0.3 is 16.2 Å². The Labute approximate surface area is 242 Å². The lowest BCUT2D eigenvalue weighted by Gasteiger charge is -2.56. The molecule has 41 heavy (non-hydrogen) atoms. The maximum absolute atomic E-state index is 13.3. The van der Waals surface area contributed by atoms with Crippen LogP contribution in [0.3, 0.4) is 0 Å². The third-order valence-corrected chi connectivity index (χ3v) is 11.8. The molecule has 6 heteroatoms. The van der Waals surface area contributed by atoms with Crippen molar-refractivity contribution in [3.8, 4) is 0 Å². The molecule has 0 spiro atoms. The van der Waals surface area contributed by atoms with E-state index in [4.69, 9.17) is 0 Å². The molecule has 8 fully saturated rings. The summed E-state index contributed by atoms with van der Waals surface area (Å²) in [6.07, 6.45) is 14.8. The number of hydrogen-bond donors (Lipinski definition) is 2. The monoisotopic (exact) mass is 548 g/mol. The number of benzene rings is 2. The van der Waals surface area contributed by atoms with E-state index in [2.05, 4.69) is 15.4 Å². The third-order valence-electron chi connectivity index (χ3n) is 11.8. The van der Waals surface area contributed by atoms with E-state index in [0.717, 1.165) is 85.2 Å². The van der Waals surface area contributed by atoms with Gasteiger partial charge in [-0.3, -0.25) is 9.59 Å². The van der Waals surface area contributed by atoms with E-state index in [1.807, 2.05) is 48.5 Å². The number of hydrogen-bond acceptors (Lipinski definition) is 2. The molecule has 8 bridgehead atoms. The van der Waals surface area contributed by atoms with Crippen molar-refractivity contribution in [2.45, 2.75) is 88.1 Å². The van der Waals surface area contributed by atoms with Crippen molar-refractivity contribution in [1.82, 2.24) is 10.6 Å². The van der Waals surface area contributed by atoms with Crippen molar-refractivity contribution >= 4 is 17.5 Å². The quantitative estimate of drug-likeness (QED) is 0.257. The lowest BCUT2D eigenvalue weighted by atomic mass is 9.53. The van der Waals surface area contributed by atoms with Gasteiger partial charge >= 0.3 is 5.71 Å². The van der Waals surface area contributed by atoms with Crippen LogP contribution in [0.4, 0.5) is 0 Å². The summed E-state index contributed by atoms with van der Waals surface area (Å²) < 4.78 is 0. The molecule has 8 aliphatic carbocycles. The molecular weight excluding hydrogens is 508 g/mol. The van der Waals surface area contributed by atoms with Gasteiger partial charge in [0.05, 0.1) is 11.1 Å². The Kier molecular flexibility index (Phi) is 5.83. The summed E-state index contributed by atoms with van der Waals surface area (Å²) in [6, 6.07) is 14.7. The highest BCUT2D eigenvalue weighted by molar-refractivity contribution is 6.10. The zero-order valence-electron chi connectivity index (χ0n) is 23.8. The Hall–Kier alpha value is -3.24. The molecular formula is C35H40N4O2. The van der Waals surface area contributed by atoms with Gasteiger partial charge in [0, 0.05) is 22.2 Å². The van der Waals surface area contributed by atoms with Crippen LogP contribution in [0.5, 0.6) is 0 Å². The smallest absolute Gasteiger partial charge is 0.329 e. The molecule has 2 amide bonds. The molecule has 0 aromatic heterocycles. The SMILES string of the molecule is [N-]=[N+]=C(c1ccc(C(=O)NC23CC4CC(CC(C4)C2)C3)cc1)c1ccc(C(=O)NC23CC4CC(CC(C4)C2)C3)cc1. The molecule has 0 saturated heterocycles. The van der Waals surface area contributed by atoms with Crippen molar-refractivity contribution in [3.05, 3.63) is 76.3 Å². The van der Waals surface area contributed by atoms with Gasteiger partial charge in [0.2, 0.25) is 0 Å². The van der Waals surface area contributed by atoms with Crippen LogP contribution in [0.2, 0.25) is 0 Å². The number of carbonyl (C=O) groups excluding carboxylic acids is 2. The van der Waals surface area contributed by atoms with Gasteiger partial charge in [0.1, 0.15) is 0 Å². The number of carbonyl (C=O) groups is 2.